The fourth-order valence-corrected chi connectivity index (χ4v) is 2.67. The fraction of sp³-hybridized carbons (Fsp3) is 0.200. The van der Waals surface area contributed by atoms with Crippen LogP contribution in [-0.2, 0) is 6.42 Å². The molecule has 0 fully saturated rings. The molecule has 1 unspecified atom stereocenters. The Morgan fingerprint density at radius 1 is 1.05 bits per heavy atom. The number of rotatable bonds is 4. The summed E-state index contributed by atoms with van der Waals surface area (Å²) in [5.74, 6) is 5.69. The minimum atomic E-state index is -0.0362. The van der Waals surface area contributed by atoms with Gasteiger partial charge in [0, 0.05) is 5.02 Å². The van der Waals surface area contributed by atoms with Gasteiger partial charge in [-0.2, -0.15) is 0 Å². The zero-order chi connectivity index (χ0) is 14.7. The summed E-state index contributed by atoms with van der Waals surface area (Å²) < 4.78 is 0. The molecule has 0 spiro atoms. The highest BCUT2D eigenvalue weighted by Crippen LogP contribution is 2.28. The molecule has 1 atom stereocenters. The maximum Gasteiger partial charge on any atom is 0.0595 e. The number of halogens is 3. The van der Waals surface area contributed by atoms with Gasteiger partial charge in [0.05, 0.1) is 16.1 Å². The largest absolute Gasteiger partial charge is 0.271 e. The molecule has 0 aliphatic carbocycles. The van der Waals surface area contributed by atoms with E-state index in [4.69, 9.17) is 40.6 Å². The predicted molar refractivity (Wildman–Crippen MR) is 86.4 cm³/mol. The zero-order valence-electron chi connectivity index (χ0n) is 11.0. The van der Waals surface area contributed by atoms with Crippen molar-refractivity contribution in [1.82, 2.24) is 5.43 Å². The maximum atomic E-state index is 6.16. The Hall–Kier alpha value is -0.770. The lowest BCUT2D eigenvalue weighted by Crippen LogP contribution is -2.30. The Kier molecular flexibility index (Phi) is 5.30. The molecule has 2 rings (SSSR count). The smallest absolute Gasteiger partial charge is 0.0595 e. The van der Waals surface area contributed by atoms with Gasteiger partial charge in [0.25, 0.3) is 0 Å². The van der Waals surface area contributed by atoms with Crippen LogP contribution in [0.1, 0.15) is 22.7 Å². The number of hydrogen-bond donors (Lipinski definition) is 2. The van der Waals surface area contributed by atoms with Crippen molar-refractivity contribution in [3.05, 3.63) is 68.2 Å². The summed E-state index contributed by atoms with van der Waals surface area (Å²) >= 11 is 18.1. The summed E-state index contributed by atoms with van der Waals surface area (Å²) in [6.07, 6.45) is 0.703. The van der Waals surface area contributed by atoms with Crippen LogP contribution < -0.4 is 11.3 Å². The van der Waals surface area contributed by atoms with Gasteiger partial charge in [-0.25, -0.2) is 0 Å². The van der Waals surface area contributed by atoms with Gasteiger partial charge in [-0.3, -0.25) is 11.3 Å². The van der Waals surface area contributed by atoms with Gasteiger partial charge in [-0.05, 0) is 48.2 Å². The molecule has 0 saturated carbocycles. The highest BCUT2D eigenvalue weighted by atomic mass is 35.5. The molecular formula is C15H15Cl3N2. The molecule has 2 aromatic rings. The van der Waals surface area contributed by atoms with E-state index in [1.165, 1.54) is 0 Å². The predicted octanol–water partition coefficient (Wildman–Crippen LogP) is 4.70. The molecule has 0 amide bonds. The van der Waals surface area contributed by atoms with E-state index < -0.39 is 0 Å². The van der Waals surface area contributed by atoms with E-state index in [-0.39, 0.29) is 6.04 Å². The van der Waals surface area contributed by atoms with E-state index >= 15 is 0 Å². The molecule has 0 aromatic heterocycles. The second-order valence-electron chi connectivity index (χ2n) is 4.63. The van der Waals surface area contributed by atoms with Crippen LogP contribution in [0, 0.1) is 6.92 Å². The van der Waals surface area contributed by atoms with Gasteiger partial charge in [-0.15, -0.1) is 0 Å². The van der Waals surface area contributed by atoms with Gasteiger partial charge in [-0.1, -0.05) is 53.0 Å². The van der Waals surface area contributed by atoms with Crippen molar-refractivity contribution in [3.63, 3.8) is 0 Å². The first-order valence-corrected chi connectivity index (χ1v) is 7.31. The Morgan fingerprint density at radius 3 is 2.45 bits per heavy atom. The Bertz CT molecular complexity index is 614. The molecule has 0 aliphatic rings. The lowest BCUT2D eigenvalue weighted by molar-refractivity contribution is 0.549. The van der Waals surface area contributed by atoms with Crippen molar-refractivity contribution in [2.24, 2.45) is 5.84 Å². The zero-order valence-corrected chi connectivity index (χ0v) is 13.2. The summed E-state index contributed by atoms with van der Waals surface area (Å²) in [6.45, 7) is 1.98. The lowest BCUT2D eigenvalue weighted by Gasteiger charge is -2.19. The molecule has 0 saturated heterocycles. The van der Waals surface area contributed by atoms with Crippen LogP contribution in [0.4, 0.5) is 0 Å². The number of hydrogen-bond acceptors (Lipinski definition) is 2. The van der Waals surface area contributed by atoms with Crippen LogP contribution in [0.15, 0.2) is 36.4 Å². The molecule has 106 valence electrons. The maximum absolute atomic E-state index is 6.16. The molecule has 3 N–H and O–H groups in total. The average Bonchev–Trinajstić information content (AvgIpc) is 2.43. The van der Waals surface area contributed by atoms with Crippen LogP contribution in [0.2, 0.25) is 15.1 Å². The number of benzene rings is 2. The number of nitrogens with one attached hydrogen (secondary N) is 1. The minimum absolute atomic E-state index is 0.0362. The summed E-state index contributed by atoms with van der Waals surface area (Å²) in [5.41, 5.74) is 5.99. The molecular weight excluding hydrogens is 315 g/mol. The van der Waals surface area contributed by atoms with Crippen LogP contribution in [0.25, 0.3) is 0 Å². The minimum Gasteiger partial charge on any atom is -0.271 e. The van der Waals surface area contributed by atoms with Crippen LogP contribution >= 0.6 is 34.8 Å². The van der Waals surface area contributed by atoms with Gasteiger partial charge in [0.1, 0.15) is 0 Å². The van der Waals surface area contributed by atoms with E-state index in [1.807, 2.05) is 37.3 Å². The van der Waals surface area contributed by atoms with Crippen molar-refractivity contribution in [2.75, 3.05) is 0 Å². The van der Waals surface area contributed by atoms with Crippen LogP contribution in [-0.4, -0.2) is 0 Å². The van der Waals surface area contributed by atoms with Gasteiger partial charge in [0.15, 0.2) is 0 Å². The molecule has 20 heavy (non-hydrogen) atoms. The fourth-order valence-electron chi connectivity index (χ4n) is 2.16. The van der Waals surface area contributed by atoms with Gasteiger partial charge < -0.3 is 0 Å². The van der Waals surface area contributed by atoms with Crippen molar-refractivity contribution in [1.29, 1.82) is 0 Å². The van der Waals surface area contributed by atoms with Crippen molar-refractivity contribution in [3.8, 4) is 0 Å². The standard InChI is InChI=1S/C15H15Cl3N2/c1-9-11(3-2-4-12(9)16)15(20-19)8-10-5-6-13(17)14(18)7-10/h2-7,15,20H,8,19H2,1H3. The van der Waals surface area contributed by atoms with Gasteiger partial charge >= 0.3 is 0 Å². The second kappa shape index (κ2) is 6.79. The molecule has 5 heteroatoms. The molecule has 0 radical (unpaired) electrons. The quantitative estimate of drug-likeness (QED) is 0.630. The van der Waals surface area contributed by atoms with Crippen molar-refractivity contribution in [2.45, 2.75) is 19.4 Å². The summed E-state index contributed by atoms with van der Waals surface area (Å²) in [7, 11) is 0. The van der Waals surface area contributed by atoms with Gasteiger partial charge in [0.2, 0.25) is 0 Å². The Morgan fingerprint density at radius 2 is 1.80 bits per heavy atom. The Balaban J connectivity index is 2.28. The Labute approximate surface area is 133 Å². The second-order valence-corrected chi connectivity index (χ2v) is 5.85. The molecule has 2 aromatic carbocycles. The topological polar surface area (TPSA) is 38.0 Å². The normalized spacial score (nSPS) is 12.4. The van der Waals surface area contributed by atoms with E-state index in [0.717, 1.165) is 21.7 Å². The average molecular weight is 330 g/mol. The SMILES string of the molecule is Cc1c(Cl)cccc1C(Cc1ccc(Cl)c(Cl)c1)NN. The first-order chi connectivity index (χ1) is 9.52. The van der Waals surface area contributed by atoms with E-state index in [2.05, 4.69) is 5.43 Å². The monoisotopic (exact) mass is 328 g/mol. The highest BCUT2D eigenvalue weighted by molar-refractivity contribution is 6.42. The summed E-state index contributed by atoms with van der Waals surface area (Å²) in [5, 5.41) is 1.83. The van der Waals surface area contributed by atoms with E-state index in [9.17, 15) is 0 Å². The van der Waals surface area contributed by atoms with Crippen molar-refractivity contribution >= 4 is 34.8 Å². The molecule has 0 heterocycles. The summed E-state index contributed by atoms with van der Waals surface area (Å²) in [4.78, 5) is 0. The lowest BCUT2D eigenvalue weighted by atomic mass is 9.96. The van der Waals surface area contributed by atoms with E-state index in [1.54, 1.807) is 6.07 Å². The van der Waals surface area contributed by atoms with Crippen molar-refractivity contribution < 1.29 is 0 Å². The highest BCUT2D eigenvalue weighted by Gasteiger charge is 2.15. The number of nitrogens with two attached hydrogens (primary N) is 1. The third-order valence-corrected chi connectivity index (χ3v) is 4.46. The molecule has 2 nitrogen and oxygen atoms in total. The first-order valence-electron chi connectivity index (χ1n) is 6.18. The van der Waals surface area contributed by atoms with Crippen LogP contribution in [0.5, 0.6) is 0 Å². The van der Waals surface area contributed by atoms with Crippen LogP contribution in [0.3, 0.4) is 0 Å². The first kappa shape index (κ1) is 15.6. The molecule has 0 aliphatic heterocycles. The summed E-state index contributed by atoms with van der Waals surface area (Å²) in [6, 6.07) is 11.4. The van der Waals surface area contributed by atoms with E-state index in [0.29, 0.717) is 16.5 Å². The third kappa shape index (κ3) is 3.46. The number of hydrazine groups is 1. The molecule has 0 bridgehead atoms. The third-order valence-electron chi connectivity index (χ3n) is 3.31.